The Balaban J connectivity index is 2.05. The van der Waals surface area contributed by atoms with E-state index in [1.54, 1.807) is 12.3 Å². The molecule has 0 saturated carbocycles. The highest BCUT2D eigenvalue weighted by Crippen LogP contribution is 2.20. The summed E-state index contributed by atoms with van der Waals surface area (Å²) in [4.78, 5) is 8.17. The Bertz CT molecular complexity index is 487. The molecule has 0 fully saturated rings. The molecule has 0 bridgehead atoms. The molecule has 0 atom stereocenters. The highest BCUT2D eigenvalue weighted by Gasteiger charge is 2.00. The Hall–Kier alpha value is -1.81. The first kappa shape index (κ1) is 10.7. The molecule has 3 N–H and O–H groups in total. The number of nitrogens with two attached hydrogens (primary N) is 1. The van der Waals surface area contributed by atoms with Gasteiger partial charge in [0.05, 0.1) is 17.3 Å². The first-order valence-corrected chi connectivity index (χ1v) is 5.19. The fourth-order valence-electron chi connectivity index (χ4n) is 1.28. The molecule has 0 amide bonds. The highest BCUT2D eigenvalue weighted by atomic mass is 35.5. The molecule has 0 unspecified atom stereocenters. The van der Waals surface area contributed by atoms with Gasteiger partial charge in [0, 0.05) is 6.20 Å². The van der Waals surface area contributed by atoms with Crippen LogP contribution in [0.15, 0.2) is 36.5 Å². The number of para-hydroxylation sites is 1. The summed E-state index contributed by atoms with van der Waals surface area (Å²) < 4.78 is 0. The molecule has 0 spiro atoms. The van der Waals surface area contributed by atoms with Gasteiger partial charge in [-0.2, -0.15) is 0 Å². The van der Waals surface area contributed by atoms with Crippen LogP contribution in [0.4, 0.5) is 11.5 Å². The third-order valence-electron chi connectivity index (χ3n) is 2.04. The summed E-state index contributed by atoms with van der Waals surface area (Å²) in [6.45, 7) is 0.495. The van der Waals surface area contributed by atoms with Crippen molar-refractivity contribution in [2.75, 3.05) is 11.1 Å². The van der Waals surface area contributed by atoms with Crippen molar-refractivity contribution in [3.63, 3.8) is 0 Å². The summed E-state index contributed by atoms with van der Waals surface area (Å²) in [5.41, 5.74) is 6.41. The second kappa shape index (κ2) is 4.81. The van der Waals surface area contributed by atoms with Gasteiger partial charge in [-0.15, -0.1) is 0 Å². The lowest BCUT2D eigenvalue weighted by molar-refractivity contribution is 0.954. The van der Waals surface area contributed by atoms with Crippen molar-refractivity contribution >= 4 is 23.1 Å². The smallest absolute Gasteiger partial charge is 0.149 e. The quantitative estimate of drug-likeness (QED) is 0.856. The maximum atomic E-state index is 5.99. The van der Waals surface area contributed by atoms with Gasteiger partial charge in [-0.25, -0.2) is 9.97 Å². The zero-order valence-corrected chi connectivity index (χ0v) is 9.28. The lowest BCUT2D eigenvalue weighted by Gasteiger charge is -2.07. The van der Waals surface area contributed by atoms with Crippen LogP contribution in [0, 0.1) is 0 Å². The number of nitrogen functional groups attached to an aromatic ring is 1. The molecule has 0 aliphatic carbocycles. The van der Waals surface area contributed by atoms with E-state index in [1.165, 1.54) is 0 Å². The molecular weight excluding hydrogens is 224 g/mol. The second-order valence-electron chi connectivity index (χ2n) is 3.23. The van der Waals surface area contributed by atoms with Gasteiger partial charge in [0.2, 0.25) is 0 Å². The maximum Gasteiger partial charge on any atom is 0.149 e. The number of benzene rings is 1. The van der Waals surface area contributed by atoms with Gasteiger partial charge >= 0.3 is 0 Å². The summed E-state index contributed by atoms with van der Waals surface area (Å²) in [6.07, 6.45) is 1.63. The summed E-state index contributed by atoms with van der Waals surface area (Å²) in [5.74, 6) is 1.10. The fourth-order valence-corrected chi connectivity index (χ4v) is 1.48. The molecule has 0 saturated heterocycles. The average molecular weight is 235 g/mol. The van der Waals surface area contributed by atoms with E-state index in [9.17, 15) is 0 Å². The van der Waals surface area contributed by atoms with Crippen molar-refractivity contribution in [2.45, 2.75) is 6.54 Å². The maximum absolute atomic E-state index is 5.99. The molecule has 5 heteroatoms. The number of hydrogen-bond donors (Lipinski definition) is 2. The lowest BCUT2D eigenvalue weighted by atomic mass is 10.3. The van der Waals surface area contributed by atoms with Crippen molar-refractivity contribution in [2.24, 2.45) is 0 Å². The van der Waals surface area contributed by atoms with E-state index in [2.05, 4.69) is 15.3 Å². The molecule has 0 aliphatic heterocycles. The van der Waals surface area contributed by atoms with E-state index in [0.29, 0.717) is 23.2 Å². The standard InChI is InChI=1S/C11H11ClN4/c12-8-3-1-2-4-9(8)15-7-11-14-6-5-10(13)16-11/h1-6,15H,7H2,(H2,13,14,16). The minimum absolute atomic E-state index is 0.464. The zero-order valence-electron chi connectivity index (χ0n) is 8.52. The Morgan fingerprint density at radius 2 is 2.06 bits per heavy atom. The molecule has 4 nitrogen and oxygen atoms in total. The first-order valence-electron chi connectivity index (χ1n) is 4.81. The second-order valence-corrected chi connectivity index (χ2v) is 3.64. The van der Waals surface area contributed by atoms with Crippen molar-refractivity contribution in [3.05, 3.63) is 47.4 Å². The van der Waals surface area contributed by atoms with Crippen LogP contribution in [0.25, 0.3) is 0 Å². The van der Waals surface area contributed by atoms with Crippen LogP contribution in [0.1, 0.15) is 5.82 Å². The third-order valence-corrected chi connectivity index (χ3v) is 2.37. The fraction of sp³-hybridized carbons (Fsp3) is 0.0909. The van der Waals surface area contributed by atoms with Crippen molar-refractivity contribution in [1.29, 1.82) is 0 Å². The number of anilines is 2. The van der Waals surface area contributed by atoms with E-state index < -0.39 is 0 Å². The molecule has 1 aromatic heterocycles. The Morgan fingerprint density at radius 1 is 1.25 bits per heavy atom. The Morgan fingerprint density at radius 3 is 2.81 bits per heavy atom. The average Bonchev–Trinajstić information content (AvgIpc) is 2.28. The minimum Gasteiger partial charge on any atom is -0.384 e. The van der Waals surface area contributed by atoms with Gasteiger partial charge in [0.15, 0.2) is 0 Å². The minimum atomic E-state index is 0.464. The van der Waals surface area contributed by atoms with Crippen molar-refractivity contribution in [3.8, 4) is 0 Å². The predicted octanol–water partition coefficient (Wildman–Crippen LogP) is 2.32. The Kier molecular flexibility index (Phi) is 3.22. The van der Waals surface area contributed by atoms with Gasteiger partial charge < -0.3 is 11.1 Å². The SMILES string of the molecule is Nc1ccnc(CNc2ccccc2Cl)n1. The van der Waals surface area contributed by atoms with Crippen LogP contribution in [-0.2, 0) is 6.54 Å². The molecule has 1 aromatic carbocycles. The highest BCUT2D eigenvalue weighted by molar-refractivity contribution is 6.33. The van der Waals surface area contributed by atoms with Crippen LogP contribution in [0.3, 0.4) is 0 Å². The first-order chi connectivity index (χ1) is 7.75. The normalized spacial score (nSPS) is 10.1. The molecule has 0 radical (unpaired) electrons. The molecule has 0 aliphatic rings. The van der Waals surface area contributed by atoms with Crippen LogP contribution in [-0.4, -0.2) is 9.97 Å². The summed E-state index contributed by atoms with van der Waals surface area (Å²) >= 11 is 5.99. The molecule has 16 heavy (non-hydrogen) atoms. The third kappa shape index (κ3) is 2.61. The molecule has 2 rings (SSSR count). The number of rotatable bonds is 3. The number of nitrogens with zero attached hydrogens (tertiary/aromatic N) is 2. The van der Waals surface area contributed by atoms with E-state index in [0.717, 1.165) is 5.69 Å². The van der Waals surface area contributed by atoms with Gasteiger partial charge in [-0.3, -0.25) is 0 Å². The zero-order chi connectivity index (χ0) is 11.4. The summed E-state index contributed by atoms with van der Waals surface area (Å²) in [5, 5.41) is 3.82. The van der Waals surface area contributed by atoms with Crippen LogP contribution in [0.2, 0.25) is 5.02 Å². The van der Waals surface area contributed by atoms with E-state index in [-0.39, 0.29) is 0 Å². The molecule has 82 valence electrons. The number of aromatic nitrogens is 2. The monoisotopic (exact) mass is 234 g/mol. The van der Waals surface area contributed by atoms with Crippen molar-refractivity contribution < 1.29 is 0 Å². The predicted molar refractivity (Wildman–Crippen MR) is 65.2 cm³/mol. The lowest BCUT2D eigenvalue weighted by Crippen LogP contribution is -2.05. The van der Waals surface area contributed by atoms with Crippen LogP contribution in [0.5, 0.6) is 0 Å². The summed E-state index contributed by atoms with van der Waals surface area (Å²) in [6, 6.07) is 9.16. The summed E-state index contributed by atoms with van der Waals surface area (Å²) in [7, 11) is 0. The van der Waals surface area contributed by atoms with Gasteiger partial charge in [-0.1, -0.05) is 23.7 Å². The molecule has 1 heterocycles. The number of halogens is 1. The largest absolute Gasteiger partial charge is 0.384 e. The number of nitrogens with one attached hydrogen (secondary N) is 1. The Labute approximate surface area is 98.5 Å². The van der Waals surface area contributed by atoms with Gasteiger partial charge in [0.1, 0.15) is 11.6 Å². The van der Waals surface area contributed by atoms with E-state index >= 15 is 0 Å². The number of hydrogen-bond acceptors (Lipinski definition) is 4. The van der Waals surface area contributed by atoms with Crippen LogP contribution < -0.4 is 11.1 Å². The van der Waals surface area contributed by atoms with E-state index in [1.807, 2.05) is 24.3 Å². The topological polar surface area (TPSA) is 63.8 Å². The van der Waals surface area contributed by atoms with Gasteiger partial charge in [0.25, 0.3) is 0 Å². The van der Waals surface area contributed by atoms with Gasteiger partial charge in [-0.05, 0) is 18.2 Å². The van der Waals surface area contributed by atoms with E-state index in [4.69, 9.17) is 17.3 Å². The van der Waals surface area contributed by atoms with Crippen molar-refractivity contribution in [1.82, 2.24) is 9.97 Å². The molecular formula is C11H11ClN4. The molecule has 2 aromatic rings. The van der Waals surface area contributed by atoms with Crippen LogP contribution >= 0.6 is 11.6 Å².